The molecule has 1 saturated heterocycles. The van der Waals surface area contributed by atoms with E-state index >= 15 is 0 Å². The molecule has 0 amide bonds. The lowest BCUT2D eigenvalue weighted by molar-refractivity contribution is 0.0803. The summed E-state index contributed by atoms with van der Waals surface area (Å²) >= 11 is 5.47. The molecule has 2 aromatic carbocycles. The van der Waals surface area contributed by atoms with Gasteiger partial charge in [0.05, 0.1) is 13.8 Å². The number of aromatic amines is 1. The largest absolute Gasteiger partial charge is 0.497 e. The summed E-state index contributed by atoms with van der Waals surface area (Å²) in [5.41, 5.74) is 3.09. The Kier molecular flexibility index (Phi) is 6.63. The maximum atomic E-state index is 12.8. The number of ether oxygens (including phenoxy) is 1. The molecule has 31 heavy (non-hydrogen) atoms. The van der Waals surface area contributed by atoms with Crippen LogP contribution in [0.2, 0.25) is 0 Å². The fourth-order valence-corrected chi connectivity index (χ4v) is 4.20. The molecule has 162 valence electrons. The van der Waals surface area contributed by atoms with Gasteiger partial charge in [-0.05, 0) is 61.3 Å². The van der Waals surface area contributed by atoms with Crippen molar-refractivity contribution in [2.24, 2.45) is 5.92 Å². The summed E-state index contributed by atoms with van der Waals surface area (Å²) in [4.78, 5) is 19.7. The van der Waals surface area contributed by atoms with Gasteiger partial charge in [-0.3, -0.25) is 14.8 Å². The van der Waals surface area contributed by atoms with Crippen molar-refractivity contribution in [1.82, 2.24) is 19.7 Å². The van der Waals surface area contributed by atoms with Gasteiger partial charge in [-0.2, -0.15) is 4.98 Å². The number of aromatic nitrogens is 3. The molecule has 1 aliphatic rings. The van der Waals surface area contributed by atoms with Crippen molar-refractivity contribution in [1.29, 1.82) is 0 Å². The number of methoxy groups -OCH3 is 1. The van der Waals surface area contributed by atoms with Crippen LogP contribution in [0.15, 0.2) is 48.5 Å². The average molecular weight is 437 g/mol. The van der Waals surface area contributed by atoms with Gasteiger partial charge in [-0.1, -0.05) is 31.2 Å². The maximum absolute atomic E-state index is 12.8. The van der Waals surface area contributed by atoms with Gasteiger partial charge in [0.1, 0.15) is 5.75 Å². The van der Waals surface area contributed by atoms with E-state index in [9.17, 15) is 4.79 Å². The van der Waals surface area contributed by atoms with E-state index in [4.69, 9.17) is 17.0 Å². The van der Waals surface area contributed by atoms with Crippen molar-refractivity contribution in [2.75, 3.05) is 20.2 Å². The van der Waals surface area contributed by atoms with E-state index in [0.29, 0.717) is 11.4 Å². The summed E-state index contributed by atoms with van der Waals surface area (Å²) in [7, 11) is 1.63. The summed E-state index contributed by atoms with van der Waals surface area (Å²) in [5.74, 6) is 1.84. The van der Waals surface area contributed by atoms with Crippen LogP contribution in [-0.4, -0.2) is 45.6 Å². The number of H-pyrrole nitrogens is 1. The second kappa shape index (κ2) is 9.58. The fraction of sp³-hybridized carbons (Fsp3) is 0.375. The Hall–Kier alpha value is -2.77. The van der Waals surface area contributed by atoms with Gasteiger partial charge in [-0.15, -0.1) is 0 Å². The SMILES string of the molecule is CCc1ccc(-c2nc(=S)n(CN3CCC(C(=O)c4ccc(OC)cc4)CC3)[nH]2)cc1. The predicted molar refractivity (Wildman–Crippen MR) is 124 cm³/mol. The van der Waals surface area contributed by atoms with Gasteiger partial charge in [0.2, 0.25) is 4.77 Å². The fourth-order valence-electron chi connectivity index (χ4n) is 4.01. The van der Waals surface area contributed by atoms with Crippen molar-refractivity contribution in [3.05, 3.63) is 64.4 Å². The summed E-state index contributed by atoms with van der Waals surface area (Å²) in [6.45, 7) is 4.51. The van der Waals surface area contributed by atoms with Gasteiger partial charge in [-0.25, -0.2) is 4.68 Å². The minimum absolute atomic E-state index is 0.0621. The average Bonchev–Trinajstić information content (AvgIpc) is 3.19. The lowest BCUT2D eigenvalue weighted by Gasteiger charge is -2.31. The molecule has 1 fully saturated rings. The molecule has 1 N–H and O–H groups in total. The number of likely N-dealkylation sites (tertiary alicyclic amines) is 1. The Morgan fingerprint density at radius 2 is 1.81 bits per heavy atom. The number of nitrogens with zero attached hydrogens (tertiary/aromatic N) is 3. The smallest absolute Gasteiger partial charge is 0.217 e. The predicted octanol–water partition coefficient (Wildman–Crippen LogP) is 4.73. The van der Waals surface area contributed by atoms with Crippen LogP contribution in [0.1, 0.15) is 35.7 Å². The Balaban J connectivity index is 1.36. The van der Waals surface area contributed by atoms with Crippen molar-refractivity contribution in [3.8, 4) is 17.1 Å². The van der Waals surface area contributed by atoms with E-state index in [0.717, 1.165) is 55.1 Å². The third kappa shape index (κ3) is 4.94. The van der Waals surface area contributed by atoms with Crippen molar-refractivity contribution < 1.29 is 9.53 Å². The molecule has 1 aromatic heterocycles. The van der Waals surface area contributed by atoms with E-state index in [-0.39, 0.29) is 11.7 Å². The van der Waals surface area contributed by atoms with Gasteiger partial charge in [0.15, 0.2) is 11.6 Å². The molecule has 0 saturated carbocycles. The molecule has 3 aromatic rings. The molecule has 4 rings (SSSR count). The molecule has 0 aliphatic carbocycles. The topological polar surface area (TPSA) is 63.1 Å². The highest BCUT2D eigenvalue weighted by atomic mass is 32.1. The Labute approximate surface area is 187 Å². The highest BCUT2D eigenvalue weighted by Gasteiger charge is 2.26. The number of rotatable bonds is 7. The molecule has 6 nitrogen and oxygen atoms in total. The molecule has 2 heterocycles. The van der Waals surface area contributed by atoms with Crippen LogP contribution in [0.5, 0.6) is 5.75 Å². The van der Waals surface area contributed by atoms with Crippen LogP contribution in [0, 0.1) is 10.7 Å². The number of hydrogen-bond acceptors (Lipinski definition) is 5. The van der Waals surface area contributed by atoms with Crippen LogP contribution in [-0.2, 0) is 13.1 Å². The Morgan fingerprint density at radius 3 is 2.42 bits per heavy atom. The monoisotopic (exact) mass is 436 g/mol. The summed E-state index contributed by atoms with van der Waals surface area (Å²) < 4.78 is 7.63. The number of piperidine rings is 1. The van der Waals surface area contributed by atoms with E-state index in [2.05, 4.69) is 46.2 Å². The Morgan fingerprint density at radius 1 is 1.13 bits per heavy atom. The first-order valence-corrected chi connectivity index (χ1v) is 11.1. The van der Waals surface area contributed by atoms with Crippen LogP contribution in [0.4, 0.5) is 0 Å². The molecular formula is C24H28N4O2S. The second-order valence-corrected chi connectivity index (χ2v) is 8.32. The zero-order chi connectivity index (χ0) is 21.8. The first-order valence-electron chi connectivity index (χ1n) is 10.7. The third-order valence-corrected chi connectivity index (χ3v) is 6.30. The van der Waals surface area contributed by atoms with E-state index < -0.39 is 0 Å². The van der Waals surface area contributed by atoms with Crippen LogP contribution >= 0.6 is 12.2 Å². The number of ketones is 1. The number of hydrogen-bond donors (Lipinski definition) is 1. The third-order valence-electron chi connectivity index (χ3n) is 5.99. The minimum atomic E-state index is 0.0621. The molecular weight excluding hydrogens is 408 g/mol. The molecule has 0 unspecified atom stereocenters. The summed E-state index contributed by atoms with van der Waals surface area (Å²) in [5, 5.41) is 3.33. The standard InChI is InChI=1S/C24H28N4O2S/c1-3-17-4-6-20(7-5-17)23-25-24(31)28(26-23)16-27-14-12-19(13-15-27)22(29)18-8-10-21(30-2)11-9-18/h4-11,19H,3,12-16H2,1-2H3,(H,25,26,31). The van der Waals surface area contributed by atoms with Gasteiger partial charge < -0.3 is 4.74 Å². The quantitative estimate of drug-likeness (QED) is 0.428. The molecule has 0 atom stereocenters. The zero-order valence-electron chi connectivity index (χ0n) is 18.0. The Bertz CT molecular complexity index is 1080. The minimum Gasteiger partial charge on any atom is -0.497 e. The van der Waals surface area contributed by atoms with E-state index in [1.807, 2.05) is 28.9 Å². The van der Waals surface area contributed by atoms with E-state index in [1.165, 1.54) is 5.56 Å². The normalized spacial score (nSPS) is 15.2. The summed E-state index contributed by atoms with van der Waals surface area (Å²) in [6, 6.07) is 15.8. The molecule has 1 aliphatic heterocycles. The van der Waals surface area contributed by atoms with Gasteiger partial charge in [0.25, 0.3) is 0 Å². The van der Waals surface area contributed by atoms with Crippen LogP contribution in [0.3, 0.4) is 0 Å². The van der Waals surface area contributed by atoms with Crippen molar-refractivity contribution in [3.63, 3.8) is 0 Å². The molecule has 0 bridgehead atoms. The number of aryl methyl sites for hydroxylation is 1. The molecule has 0 radical (unpaired) electrons. The zero-order valence-corrected chi connectivity index (χ0v) is 18.8. The number of nitrogens with one attached hydrogen (secondary N) is 1. The van der Waals surface area contributed by atoms with Gasteiger partial charge in [0, 0.05) is 30.1 Å². The second-order valence-electron chi connectivity index (χ2n) is 7.96. The van der Waals surface area contributed by atoms with Crippen molar-refractivity contribution in [2.45, 2.75) is 32.9 Å². The highest BCUT2D eigenvalue weighted by Crippen LogP contribution is 2.24. The first-order chi connectivity index (χ1) is 15.1. The van der Waals surface area contributed by atoms with Crippen LogP contribution < -0.4 is 4.74 Å². The van der Waals surface area contributed by atoms with Crippen molar-refractivity contribution >= 4 is 18.0 Å². The first kappa shape index (κ1) is 21.5. The number of benzene rings is 2. The highest BCUT2D eigenvalue weighted by molar-refractivity contribution is 7.71. The van der Waals surface area contributed by atoms with Gasteiger partial charge >= 0.3 is 0 Å². The molecule has 7 heteroatoms. The molecule has 0 spiro atoms. The number of carbonyl (C=O) groups excluding carboxylic acids is 1. The van der Waals surface area contributed by atoms with E-state index in [1.54, 1.807) is 7.11 Å². The maximum Gasteiger partial charge on any atom is 0.217 e. The summed E-state index contributed by atoms with van der Waals surface area (Å²) in [6.07, 6.45) is 2.71. The number of Topliss-reactive ketones (excluding diaryl/α,β-unsaturated/α-hetero) is 1. The van der Waals surface area contributed by atoms with Crippen LogP contribution in [0.25, 0.3) is 11.4 Å². The lowest BCUT2D eigenvalue weighted by Crippen LogP contribution is -2.37. The number of carbonyl (C=O) groups is 1. The lowest BCUT2D eigenvalue weighted by atomic mass is 9.89.